The summed E-state index contributed by atoms with van der Waals surface area (Å²) in [5, 5.41) is 8.81. The van der Waals surface area contributed by atoms with Crippen LogP contribution in [0.3, 0.4) is 0 Å². The maximum Gasteiger partial charge on any atom is 0.129 e. The Kier molecular flexibility index (Phi) is 2.91. The van der Waals surface area contributed by atoms with Gasteiger partial charge in [-0.25, -0.2) is 4.98 Å². The SMILES string of the molecule is OCC#Cc1ccc(Cl)nc1. The van der Waals surface area contributed by atoms with E-state index in [0.717, 1.165) is 5.56 Å². The summed E-state index contributed by atoms with van der Waals surface area (Å²) in [6, 6.07) is 3.40. The minimum absolute atomic E-state index is 0.136. The molecule has 0 radical (unpaired) electrons. The Labute approximate surface area is 69.8 Å². The number of halogens is 1. The van der Waals surface area contributed by atoms with Gasteiger partial charge in [0.15, 0.2) is 0 Å². The zero-order chi connectivity index (χ0) is 8.10. The second-order valence-electron chi connectivity index (χ2n) is 1.83. The predicted molar refractivity (Wildman–Crippen MR) is 43.2 cm³/mol. The Morgan fingerprint density at radius 3 is 2.91 bits per heavy atom. The standard InChI is InChI=1S/C8H6ClNO/c9-8-4-3-7(6-10-8)2-1-5-11/h3-4,6,11H,5H2. The lowest BCUT2D eigenvalue weighted by molar-refractivity contribution is 0.350. The molecule has 1 heterocycles. The van der Waals surface area contributed by atoms with Crippen molar-refractivity contribution in [1.29, 1.82) is 0 Å². The average Bonchev–Trinajstić information content (AvgIpc) is 2.04. The van der Waals surface area contributed by atoms with Crippen molar-refractivity contribution < 1.29 is 5.11 Å². The van der Waals surface area contributed by atoms with E-state index < -0.39 is 0 Å². The number of pyridine rings is 1. The molecular formula is C8H6ClNO. The van der Waals surface area contributed by atoms with Crippen molar-refractivity contribution >= 4 is 11.6 Å². The average molecular weight is 168 g/mol. The first-order chi connectivity index (χ1) is 5.33. The van der Waals surface area contributed by atoms with Crippen LogP contribution in [0.4, 0.5) is 0 Å². The maximum absolute atomic E-state index is 8.36. The van der Waals surface area contributed by atoms with Gasteiger partial charge in [-0.2, -0.15) is 0 Å². The highest BCUT2D eigenvalue weighted by molar-refractivity contribution is 6.29. The van der Waals surface area contributed by atoms with Gasteiger partial charge in [0, 0.05) is 11.8 Å². The van der Waals surface area contributed by atoms with Crippen molar-refractivity contribution in [3.63, 3.8) is 0 Å². The number of aliphatic hydroxyl groups excluding tert-OH is 1. The molecule has 0 amide bonds. The lowest BCUT2D eigenvalue weighted by atomic mass is 10.3. The van der Waals surface area contributed by atoms with Gasteiger partial charge >= 0.3 is 0 Å². The zero-order valence-electron chi connectivity index (χ0n) is 5.71. The fourth-order valence-electron chi connectivity index (χ4n) is 0.591. The molecule has 0 saturated heterocycles. The molecule has 0 bridgehead atoms. The second kappa shape index (κ2) is 3.97. The Morgan fingerprint density at radius 2 is 2.36 bits per heavy atom. The van der Waals surface area contributed by atoms with Gasteiger partial charge in [0.2, 0.25) is 0 Å². The third-order valence-corrected chi connectivity index (χ3v) is 1.26. The highest BCUT2D eigenvalue weighted by Gasteiger charge is 1.87. The molecule has 3 heteroatoms. The normalized spacial score (nSPS) is 8.55. The van der Waals surface area contributed by atoms with Gasteiger partial charge in [0.05, 0.1) is 0 Å². The minimum Gasteiger partial charge on any atom is -0.384 e. The molecule has 0 aliphatic heterocycles. The van der Waals surface area contributed by atoms with Crippen LogP contribution in [0.25, 0.3) is 0 Å². The Hall–Kier alpha value is -1.04. The van der Waals surface area contributed by atoms with Crippen molar-refractivity contribution in [2.24, 2.45) is 0 Å². The fraction of sp³-hybridized carbons (Fsp3) is 0.125. The molecule has 1 rings (SSSR count). The molecule has 56 valence electrons. The highest BCUT2D eigenvalue weighted by Crippen LogP contribution is 2.03. The molecule has 0 saturated carbocycles. The zero-order valence-corrected chi connectivity index (χ0v) is 6.47. The van der Waals surface area contributed by atoms with Gasteiger partial charge in [-0.15, -0.1) is 0 Å². The smallest absolute Gasteiger partial charge is 0.129 e. The molecule has 11 heavy (non-hydrogen) atoms. The predicted octanol–water partition coefficient (Wildman–Crippen LogP) is 1.08. The summed E-state index contributed by atoms with van der Waals surface area (Å²) in [5.41, 5.74) is 0.753. The van der Waals surface area contributed by atoms with Crippen LogP contribution in [-0.2, 0) is 0 Å². The molecule has 1 aromatic heterocycles. The van der Waals surface area contributed by atoms with Gasteiger partial charge in [-0.1, -0.05) is 23.4 Å². The van der Waals surface area contributed by atoms with Gasteiger partial charge in [0.1, 0.15) is 11.8 Å². The van der Waals surface area contributed by atoms with Crippen molar-refractivity contribution in [3.8, 4) is 11.8 Å². The van der Waals surface area contributed by atoms with E-state index >= 15 is 0 Å². The number of aromatic nitrogens is 1. The number of hydrogen-bond acceptors (Lipinski definition) is 2. The van der Waals surface area contributed by atoms with Gasteiger partial charge in [0.25, 0.3) is 0 Å². The molecule has 0 atom stereocenters. The number of rotatable bonds is 0. The summed E-state index contributed by atoms with van der Waals surface area (Å²) in [7, 11) is 0. The van der Waals surface area contributed by atoms with E-state index in [9.17, 15) is 0 Å². The molecular weight excluding hydrogens is 162 g/mol. The minimum atomic E-state index is -0.136. The molecule has 0 fully saturated rings. The summed E-state index contributed by atoms with van der Waals surface area (Å²) >= 11 is 5.54. The molecule has 0 spiro atoms. The van der Waals surface area contributed by atoms with Crippen molar-refractivity contribution in [3.05, 3.63) is 29.0 Å². The van der Waals surface area contributed by atoms with E-state index in [4.69, 9.17) is 16.7 Å². The molecule has 2 nitrogen and oxygen atoms in total. The van der Waals surface area contributed by atoms with Gasteiger partial charge in [-0.05, 0) is 12.1 Å². The van der Waals surface area contributed by atoms with E-state index in [0.29, 0.717) is 5.15 Å². The third kappa shape index (κ3) is 2.58. The molecule has 1 aromatic rings. The number of hydrogen-bond donors (Lipinski definition) is 1. The summed E-state index contributed by atoms with van der Waals surface area (Å²) in [5.74, 6) is 5.21. The van der Waals surface area contributed by atoms with E-state index in [1.807, 2.05) is 0 Å². The number of nitrogens with zero attached hydrogens (tertiary/aromatic N) is 1. The molecule has 0 unspecified atom stereocenters. The van der Waals surface area contributed by atoms with Crippen LogP contribution >= 0.6 is 11.6 Å². The van der Waals surface area contributed by atoms with E-state index in [1.165, 1.54) is 0 Å². The van der Waals surface area contributed by atoms with E-state index in [-0.39, 0.29) is 6.61 Å². The third-order valence-electron chi connectivity index (χ3n) is 1.04. The van der Waals surface area contributed by atoms with Crippen LogP contribution < -0.4 is 0 Å². The lowest BCUT2D eigenvalue weighted by Gasteiger charge is -1.88. The van der Waals surface area contributed by atoms with Gasteiger partial charge < -0.3 is 5.11 Å². The number of aliphatic hydroxyl groups is 1. The summed E-state index contributed by atoms with van der Waals surface area (Å²) in [6.07, 6.45) is 1.56. The lowest BCUT2D eigenvalue weighted by Crippen LogP contribution is -1.79. The first-order valence-electron chi connectivity index (χ1n) is 3.04. The van der Waals surface area contributed by atoms with E-state index in [1.54, 1.807) is 18.3 Å². The van der Waals surface area contributed by atoms with Gasteiger partial charge in [-0.3, -0.25) is 0 Å². The molecule has 0 aromatic carbocycles. The van der Waals surface area contributed by atoms with Crippen LogP contribution in [-0.4, -0.2) is 16.7 Å². The summed E-state index contributed by atoms with van der Waals surface area (Å²) in [6.45, 7) is -0.136. The Morgan fingerprint density at radius 1 is 1.55 bits per heavy atom. The molecule has 1 N–H and O–H groups in total. The van der Waals surface area contributed by atoms with Crippen LogP contribution in [0, 0.1) is 11.8 Å². The van der Waals surface area contributed by atoms with Crippen molar-refractivity contribution in [2.75, 3.05) is 6.61 Å². The van der Waals surface area contributed by atoms with Crippen LogP contribution in [0.15, 0.2) is 18.3 Å². The van der Waals surface area contributed by atoms with E-state index in [2.05, 4.69) is 16.8 Å². The highest BCUT2D eigenvalue weighted by atomic mass is 35.5. The molecule has 0 aliphatic carbocycles. The van der Waals surface area contributed by atoms with Crippen molar-refractivity contribution in [2.45, 2.75) is 0 Å². The first-order valence-corrected chi connectivity index (χ1v) is 3.42. The summed E-state index contributed by atoms with van der Waals surface area (Å²) < 4.78 is 0. The second-order valence-corrected chi connectivity index (χ2v) is 2.22. The molecule has 0 aliphatic rings. The summed E-state index contributed by atoms with van der Waals surface area (Å²) in [4.78, 5) is 3.81. The largest absolute Gasteiger partial charge is 0.384 e. The van der Waals surface area contributed by atoms with Crippen LogP contribution in [0.5, 0.6) is 0 Å². The topological polar surface area (TPSA) is 33.1 Å². The van der Waals surface area contributed by atoms with Crippen LogP contribution in [0.1, 0.15) is 5.56 Å². The maximum atomic E-state index is 8.36. The monoisotopic (exact) mass is 167 g/mol. The fourth-order valence-corrected chi connectivity index (χ4v) is 0.703. The Balaban J connectivity index is 2.82. The Bertz CT molecular complexity index is 283. The quantitative estimate of drug-likeness (QED) is 0.463. The first kappa shape index (κ1) is 8.06. The van der Waals surface area contributed by atoms with Crippen LogP contribution in [0.2, 0.25) is 5.15 Å². The van der Waals surface area contributed by atoms with Crippen molar-refractivity contribution in [1.82, 2.24) is 4.98 Å².